The van der Waals surface area contributed by atoms with Gasteiger partial charge in [-0.05, 0) is 64.2 Å². The van der Waals surface area contributed by atoms with Gasteiger partial charge in [0, 0.05) is 6.42 Å². The molecule has 3 atom stereocenters. The molecule has 0 fully saturated rings. The molecule has 0 saturated heterocycles. The van der Waals surface area contributed by atoms with Gasteiger partial charge >= 0.3 is 5.97 Å². The molecule has 0 radical (unpaired) electrons. The molecule has 0 saturated carbocycles. The average Bonchev–Trinajstić information content (AvgIpc) is 3.22. The molecule has 0 bridgehead atoms. The molecule has 0 heterocycles. The van der Waals surface area contributed by atoms with Gasteiger partial charge in [0.15, 0.2) is 0 Å². The maximum Gasteiger partial charge on any atom is 0.306 e. The summed E-state index contributed by atoms with van der Waals surface area (Å²) in [6.07, 6.45) is 53.4. The number of rotatable bonds is 45. The first kappa shape index (κ1) is 56.1. The van der Waals surface area contributed by atoms with Crippen molar-refractivity contribution in [2.45, 2.75) is 277 Å². The van der Waals surface area contributed by atoms with Crippen molar-refractivity contribution in [2.75, 3.05) is 6.61 Å². The third kappa shape index (κ3) is 40.8. The Morgan fingerprint density at radius 1 is 0.500 bits per heavy atom. The molecule has 0 aliphatic carbocycles. The Kier molecular flexibility index (Phi) is 44.6. The van der Waals surface area contributed by atoms with E-state index < -0.39 is 18.2 Å². The molecular formula is C52H97NO5. The number of hydrogen-bond acceptors (Lipinski definition) is 5. The van der Waals surface area contributed by atoms with Crippen LogP contribution >= 0.6 is 0 Å². The average molecular weight is 816 g/mol. The van der Waals surface area contributed by atoms with Crippen LogP contribution in [0.4, 0.5) is 0 Å². The van der Waals surface area contributed by atoms with Crippen molar-refractivity contribution in [3.63, 3.8) is 0 Å². The van der Waals surface area contributed by atoms with Gasteiger partial charge in [-0.2, -0.15) is 0 Å². The summed E-state index contributed by atoms with van der Waals surface area (Å²) in [5.41, 5.74) is 0. The monoisotopic (exact) mass is 816 g/mol. The molecule has 0 aromatic carbocycles. The number of esters is 1. The topological polar surface area (TPSA) is 95.9 Å². The van der Waals surface area contributed by atoms with Crippen LogP contribution in [0.3, 0.4) is 0 Å². The summed E-state index contributed by atoms with van der Waals surface area (Å²) in [6, 6.07) is -0.701. The van der Waals surface area contributed by atoms with Crippen LogP contribution in [-0.2, 0) is 14.3 Å². The summed E-state index contributed by atoms with van der Waals surface area (Å²) in [7, 11) is 0. The summed E-state index contributed by atoms with van der Waals surface area (Å²) in [5, 5.41) is 23.7. The van der Waals surface area contributed by atoms with Crippen LogP contribution in [0.25, 0.3) is 0 Å². The Hall–Kier alpha value is -1.92. The Bertz CT molecular complexity index is 961. The van der Waals surface area contributed by atoms with Crippen molar-refractivity contribution >= 4 is 11.9 Å². The van der Waals surface area contributed by atoms with Gasteiger partial charge in [0.2, 0.25) is 5.91 Å². The van der Waals surface area contributed by atoms with Gasteiger partial charge in [-0.1, -0.05) is 218 Å². The number of ether oxygens (including phenoxy) is 1. The van der Waals surface area contributed by atoms with Gasteiger partial charge in [-0.15, -0.1) is 0 Å². The first-order chi connectivity index (χ1) is 28.5. The molecular weight excluding hydrogens is 719 g/mol. The summed E-state index contributed by atoms with van der Waals surface area (Å²) >= 11 is 0. The second-order valence-corrected chi connectivity index (χ2v) is 17.2. The quantitative estimate of drug-likeness (QED) is 0.0323. The van der Waals surface area contributed by atoms with Crippen molar-refractivity contribution in [2.24, 2.45) is 0 Å². The summed E-state index contributed by atoms with van der Waals surface area (Å²) < 4.78 is 5.92. The van der Waals surface area contributed by atoms with Crippen LogP contribution in [0.2, 0.25) is 0 Å². The number of aliphatic hydroxyl groups excluding tert-OH is 2. The lowest BCUT2D eigenvalue weighted by Crippen LogP contribution is -2.46. The van der Waals surface area contributed by atoms with Crippen LogP contribution in [0, 0.1) is 0 Å². The van der Waals surface area contributed by atoms with Crippen molar-refractivity contribution in [3.8, 4) is 0 Å². The van der Waals surface area contributed by atoms with Crippen LogP contribution in [0.15, 0.2) is 36.5 Å². The van der Waals surface area contributed by atoms with E-state index in [0.717, 1.165) is 77.0 Å². The van der Waals surface area contributed by atoms with Crippen molar-refractivity contribution in [1.82, 2.24) is 5.32 Å². The zero-order chi connectivity index (χ0) is 42.4. The molecule has 58 heavy (non-hydrogen) atoms. The van der Waals surface area contributed by atoms with Crippen molar-refractivity contribution in [3.05, 3.63) is 36.5 Å². The highest BCUT2D eigenvalue weighted by molar-refractivity contribution is 5.77. The molecule has 6 nitrogen and oxygen atoms in total. The highest BCUT2D eigenvalue weighted by atomic mass is 16.5. The Morgan fingerprint density at radius 2 is 0.879 bits per heavy atom. The van der Waals surface area contributed by atoms with Gasteiger partial charge in [0.05, 0.1) is 25.2 Å². The number of carbonyl (C=O) groups is 2. The van der Waals surface area contributed by atoms with Gasteiger partial charge in [0.1, 0.15) is 6.10 Å². The van der Waals surface area contributed by atoms with Crippen molar-refractivity contribution < 1.29 is 24.5 Å². The molecule has 0 aromatic heterocycles. The standard InChI is InChI=1S/C52H97NO5/c1-4-7-10-13-16-19-22-24-25-26-27-28-30-33-36-39-42-45-52(57)58-48(43-40-37-34-31-29-23-20-17-14-11-8-5-2)46-51(56)53-49(47-54)50(55)44-41-38-35-32-21-18-15-12-9-6-3/h16,19,24-25,27-28,48-50,54-55H,4-15,17-18,20-23,26,29-47H2,1-3H3,(H,53,56)/b19-16-,25-24-,28-27-. The number of unbranched alkanes of at least 4 members (excludes halogenated alkanes) is 27. The molecule has 0 spiro atoms. The summed E-state index contributed by atoms with van der Waals surface area (Å²) in [6.45, 7) is 6.44. The lowest BCUT2D eigenvalue weighted by Gasteiger charge is -2.24. The van der Waals surface area contributed by atoms with E-state index in [1.165, 1.54) is 135 Å². The second-order valence-electron chi connectivity index (χ2n) is 17.2. The Morgan fingerprint density at radius 3 is 1.36 bits per heavy atom. The minimum Gasteiger partial charge on any atom is -0.462 e. The maximum absolute atomic E-state index is 13.2. The summed E-state index contributed by atoms with van der Waals surface area (Å²) in [5.74, 6) is -0.491. The van der Waals surface area contributed by atoms with Crippen LogP contribution in [0.5, 0.6) is 0 Å². The Labute approximate surface area is 360 Å². The first-order valence-corrected chi connectivity index (χ1v) is 25.2. The molecule has 0 rings (SSSR count). The molecule has 0 aliphatic heterocycles. The van der Waals surface area contributed by atoms with Gasteiger partial charge < -0.3 is 20.3 Å². The third-order valence-electron chi connectivity index (χ3n) is 11.5. The Balaban J connectivity index is 4.58. The SMILES string of the molecule is CCCCC/C=C\C/C=C\C/C=C\CCCCCCC(=O)OC(CCCCCCCCCCCCCC)CC(=O)NC(CO)C(O)CCCCCCCCCCCC. The van der Waals surface area contributed by atoms with Gasteiger partial charge in [-0.25, -0.2) is 0 Å². The molecule has 1 amide bonds. The van der Waals surface area contributed by atoms with Crippen LogP contribution in [0.1, 0.15) is 258 Å². The van der Waals surface area contributed by atoms with E-state index in [0.29, 0.717) is 19.3 Å². The van der Waals surface area contributed by atoms with E-state index in [2.05, 4.69) is 62.5 Å². The van der Waals surface area contributed by atoms with Crippen LogP contribution < -0.4 is 5.32 Å². The zero-order valence-corrected chi connectivity index (χ0v) is 38.7. The minimum absolute atomic E-state index is 0.0719. The number of nitrogens with one attached hydrogen (secondary N) is 1. The van der Waals surface area contributed by atoms with E-state index in [1.54, 1.807) is 0 Å². The third-order valence-corrected chi connectivity index (χ3v) is 11.5. The van der Waals surface area contributed by atoms with E-state index >= 15 is 0 Å². The minimum atomic E-state index is -0.787. The largest absolute Gasteiger partial charge is 0.462 e. The molecule has 6 heteroatoms. The molecule has 0 aliphatic rings. The number of allylic oxidation sites excluding steroid dienone is 6. The highest BCUT2D eigenvalue weighted by Crippen LogP contribution is 2.18. The predicted octanol–water partition coefficient (Wildman–Crippen LogP) is 14.9. The summed E-state index contributed by atoms with van der Waals surface area (Å²) in [4.78, 5) is 26.1. The zero-order valence-electron chi connectivity index (χ0n) is 38.7. The van der Waals surface area contributed by atoms with Crippen molar-refractivity contribution in [1.29, 1.82) is 0 Å². The normalized spacial score (nSPS) is 13.5. The smallest absolute Gasteiger partial charge is 0.306 e. The van der Waals surface area contributed by atoms with E-state index in [4.69, 9.17) is 4.74 Å². The van der Waals surface area contributed by atoms with Gasteiger partial charge in [-0.3, -0.25) is 9.59 Å². The molecule has 0 aromatic rings. The fraction of sp³-hybridized carbons (Fsp3) is 0.846. The van der Waals surface area contributed by atoms with Gasteiger partial charge in [0.25, 0.3) is 0 Å². The molecule has 3 N–H and O–H groups in total. The predicted molar refractivity (Wildman–Crippen MR) is 250 cm³/mol. The molecule has 340 valence electrons. The first-order valence-electron chi connectivity index (χ1n) is 25.2. The second kappa shape index (κ2) is 46.2. The number of hydrogen-bond donors (Lipinski definition) is 3. The van der Waals surface area contributed by atoms with E-state index in [1.807, 2.05) is 0 Å². The number of aliphatic hydroxyl groups is 2. The number of carbonyl (C=O) groups excluding carboxylic acids is 2. The highest BCUT2D eigenvalue weighted by Gasteiger charge is 2.24. The fourth-order valence-corrected chi connectivity index (χ4v) is 7.61. The van der Waals surface area contributed by atoms with Crippen LogP contribution in [-0.4, -0.2) is 46.9 Å². The van der Waals surface area contributed by atoms with E-state index in [9.17, 15) is 19.8 Å². The lowest BCUT2D eigenvalue weighted by atomic mass is 10.0. The fourth-order valence-electron chi connectivity index (χ4n) is 7.61. The van der Waals surface area contributed by atoms with E-state index in [-0.39, 0.29) is 24.9 Å². The maximum atomic E-state index is 13.2. The number of amides is 1. The molecule has 3 unspecified atom stereocenters. The lowest BCUT2D eigenvalue weighted by molar-refractivity contribution is -0.151.